The number of nitrogens with zero attached hydrogens (tertiary/aromatic N) is 7. The maximum Gasteiger partial charge on any atom is 0.301 e. The van der Waals surface area contributed by atoms with Crippen molar-refractivity contribution in [1.29, 1.82) is 0 Å². The Morgan fingerprint density at radius 3 is 2.55 bits per heavy atom. The molecule has 11 heteroatoms. The van der Waals surface area contributed by atoms with Gasteiger partial charge in [-0.1, -0.05) is 42.5 Å². The number of hydrazone groups is 2. The highest BCUT2D eigenvalue weighted by Crippen LogP contribution is 2.36. The molecule has 1 amide bonds. The van der Waals surface area contributed by atoms with E-state index in [0.29, 0.717) is 34.2 Å². The number of nitrogens with one attached hydrogen (secondary N) is 2. The minimum Gasteiger partial charge on any atom is -0.505 e. The molecule has 3 N–H and O–H groups in total. The van der Waals surface area contributed by atoms with Crippen molar-refractivity contribution in [1.82, 2.24) is 25.6 Å². The van der Waals surface area contributed by atoms with Crippen molar-refractivity contribution in [2.45, 2.75) is 13.8 Å². The molecule has 40 heavy (non-hydrogen) atoms. The van der Waals surface area contributed by atoms with Crippen molar-refractivity contribution in [2.75, 3.05) is 10.4 Å². The third-order valence-electron chi connectivity index (χ3n) is 6.58. The van der Waals surface area contributed by atoms with Crippen molar-refractivity contribution in [3.05, 3.63) is 102 Å². The second kappa shape index (κ2) is 10.2. The van der Waals surface area contributed by atoms with Crippen molar-refractivity contribution < 1.29 is 9.90 Å². The second-order valence-corrected chi connectivity index (χ2v) is 9.15. The second-order valence-electron chi connectivity index (χ2n) is 9.15. The number of aryl methyl sites for hydroxylation is 2. The third-order valence-corrected chi connectivity index (χ3v) is 6.58. The molecule has 0 fully saturated rings. The van der Waals surface area contributed by atoms with E-state index >= 15 is 0 Å². The number of carbonyl (C=O) groups excluding carboxylic acids is 1. The maximum absolute atomic E-state index is 13.6. The van der Waals surface area contributed by atoms with Crippen LogP contribution in [0.2, 0.25) is 0 Å². The average molecular weight is 530 g/mol. The van der Waals surface area contributed by atoms with Gasteiger partial charge in [-0.25, -0.2) is 5.10 Å². The van der Waals surface area contributed by atoms with Crippen molar-refractivity contribution in [3.63, 3.8) is 0 Å². The Kier molecular flexibility index (Phi) is 6.29. The summed E-state index contributed by atoms with van der Waals surface area (Å²) in [6.07, 6.45) is 1.63. The minimum atomic E-state index is -0.416. The van der Waals surface area contributed by atoms with Gasteiger partial charge in [0.05, 0.1) is 17.1 Å². The van der Waals surface area contributed by atoms with Gasteiger partial charge in [-0.05, 0) is 77.4 Å². The molecule has 0 bridgehead atoms. The summed E-state index contributed by atoms with van der Waals surface area (Å²) < 4.78 is 0. The van der Waals surface area contributed by atoms with Crippen LogP contribution >= 0.6 is 0 Å². The van der Waals surface area contributed by atoms with Gasteiger partial charge < -0.3 is 5.11 Å². The Balaban J connectivity index is 1.35. The molecule has 0 unspecified atom stereocenters. The van der Waals surface area contributed by atoms with Crippen LogP contribution in [0.4, 0.5) is 11.4 Å². The molecular weight excluding hydrogens is 506 g/mol. The van der Waals surface area contributed by atoms with Gasteiger partial charge in [0.15, 0.2) is 11.5 Å². The molecule has 1 aliphatic rings. The molecular formula is C29H23N9O2. The summed E-state index contributed by atoms with van der Waals surface area (Å²) in [7, 11) is 0. The molecule has 0 spiro atoms. The fourth-order valence-electron chi connectivity index (χ4n) is 4.30. The van der Waals surface area contributed by atoms with Crippen LogP contribution in [-0.4, -0.2) is 48.0 Å². The maximum atomic E-state index is 13.6. The SMILES string of the molecule is Cc1ccc(N2N=C(c3ccccn3)/C(=N/Nc3cccc(-c4cccc(-c5nnn[nH]5)c4)c3O)C2=O)cc1C. The van der Waals surface area contributed by atoms with Crippen LogP contribution in [0, 0.1) is 13.8 Å². The highest BCUT2D eigenvalue weighted by atomic mass is 16.3. The van der Waals surface area contributed by atoms with Gasteiger partial charge in [-0.3, -0.25) is 15.2 Å². The number of pyridine rings is 1. The van der Waals surface area contributed by atoms with Crippen molar-refractivity contribution >= 4 is 28.7 Å². The molecule has 6 rings (SSSR count). The normalized spacial score (nSPS) is 14.1. The molecule has 11 nitrogen and oxygen atoms in total. The largest absolute Gasteiger partial charge is 0.505 e. The van der Waals surface area contributed by atoms with Crippen LogP contribution < -0.4 is 10.4 Å². The number of tetrazole rings is 1. The quantitative estimate of drug-likeness (QED) is 0.217. The third kappa shape index (κ3) is 4.56. The number of hydrogen-bond acceptors (Lipinski definition) is 9. The number of anilines is 2. The van der Waals surface area contributed by atoms with Crippen molar-refractivity contribution in [3.8, 4) is 28.3 Å². The summed E-state index contributed by atoms with van der Waals surface area (Å²) in [5, 5.41) is 35.4. The number of benzene rings is 3. The predicted molar refractivity (Wildman–Crippen MR) is 152 cm³/mol. The Morgan fingerprint density at radius 2 is 1.77 bits per heavy atom. The van der Waals surface area contributed by atoms with Gasteiger partial charge in [0, 0.05) is 17.3 Å². The Bertz CT molecular complexity index is 1780. The number of rotatable bonds is 6. The van der Waals surface area contributed by atoms with E-state index in [4.69, 9.17) is 0 Å². The predicted octanol–water partition coefficient (Wildman–Crippen LogP) is 4.47. The van der Waals surface area contributed by atoms with Crippen LogP contribution in [-0.2, 0) is 4.79 Å². The highest BCUT2D eigenvalue weighted by molar-refractivity contribution is 6.74. The minimum absolute atomic E-state index is 0.0347. The highest BCUT2D eigenvalue weighted by Gasteiger charge is 2.35. The van der Waals surface area contributed by atoms with Gasteiger partial charge in [-0.15, -0.1) is 5.10 Å². The average Bonchev–Trinajstić information content (AvgIpc) is 3.63. The summed E-state index contributed by atoms with van der Waals surface area (Å²) >= 11 is 0. The number of phenols is 1. The summed E-state index contributed by atoms with van der Waals surface area (Å²) in [6.45, 7) is 3.99. The van der Waals surface area contributed by atoms with E-state index in [1.54, 1.807) is 36.5 Å². The van der Waals surface area contributed by atoms with Gasteiger partial charge in [0.25, 0.3) is 0 Å². The van der Waals surface area contributed by atoms with E-state index in [9.17, 15) is 9.90 Å². The van der Waals surface area contributed by atoms with Crippen LogP contribution in [0.15, 0.2) is 95.3 Å². The number of amides is 1. The first kappa shape index (κ1) is 24.6. The number of aromatic hydroxyl groups is 1. The smallest absolute Gasteiger partial charge is 0.301 e. The number of hydrogen-bond donors (Lipinski definition) is 3. The fraction of sp³-hybridized carbons (Fsp3) is 0.0690. The molecule has 0 saturated heterocycles. The first-order chi connectivity index (χ1) is 19.5. The molecule has 0 atom stereocenters. The first-order valence-corrected chi connectivity index (χ1v) is 12.4. The van der Waals surface area contributed by atoms with E-state index in [-0.39, 0.29) is 11.5 Å². The molecule has 1 aliphatic heterocycles. The molecule has 3 heterocycles. The number of phenolic OH excluding ortho intramolecular Hbond substituents is 1. The lowest BCUT2D eigenvalue weighted by Crippen LogP contribution is -2.29. The fourth-order valence-corrected chi connectivity index (χ4v) is 4.30. The molecule has 3 aromatic carbocycles. The lowest BCUT2D eigenvalue weighted by Gasteiger charge is -2.13. The van der Waals surface area contributed by atoms with Gasteiger partial charge in [0.1, 0.15) is 11.5 Å². The molecule has 0 aliphatic carbocycles. The Morgan fingerprint density at radius 1 is 0.925 bits per heavy atom. The first-order valence-electron chi connectivity index (χ1n) is 12.4. The molecule has 0 radical (unpaired) electrons. The Hall–Kier alpha value is -5.71. The number of aromatic nitrogens is 5. The van der Waals surface area contributed by atoms with Crippen LogP contribution in [0.5, 0.6) is 5.75 Å². The van der Waals surface area contributed by atoms with Gasteiger partial charge in [0.2, 0.25) is 0 Å². The van der Waals surface area contributed by atoms with E-state index in [0.717, 1.165) is 22.3 Å². The van der Waals surface area contributed by atoms with Crippen LogP contribution in [0.3, 0.4) is 0 Å². The summed E-state index contributed by atoms with van der Waals surface area (Å²) in [5.41, 5.74) is 8.92. The zero-order valence-electron chi connectivity index (χ0n) is 21.6. The Labute approximate surface area is 228 Å². The zero-order chi connectivity index (χ0) is 27.6. The number of carbonyl (C=O) groups is 1. The zero-order valence-corrected chi connectivity index (χ0v) is 21.6. The molecule has 0 saturated carbocycles. The van der Waals surface area contributed by atoms with E-state index in [1.807, 2.05) is 62.4 Å². The van der Waals surface area contributed by atoms with Crippen LogP contribution in [0.1, 0.15) is 16.8 Å². The van der Waals surface area contributed by atoms with Crippen LogP contribution in [0.25, 0.3) is 22.5 Å². The monoisotopic (exact) mass is 529 g/mol. The standard InChI is InChI=1S/C29H23N9O2/c1-17-12-13-21(15-18(17)2)38-29(40)26(25(35-38)23-10-3-4-14-30-23)32-31-24-11-6-9-22(27(24)39)19-7-5-8-20(16-19)28-33-36-37-34-28/h3-16,31,39H,1-2H3,(H,33,34,36,37)/b32-26-. The number of H-pyrrole nitrogens is 1. The van der Waals surface area contributed by atoms with Gasteiger partial charge >= 0.3 is 5.91 Å². The lowest BCUT2D eigenvalue weighted by molar-refractivity contribution is -0.112. The molecule has 5 aromatic rings. The summed E-state index contributed by atoms with van der Waals surface area (Å²) in [6, 6.07) is 23.7. The van der Waals surface area contributed by atoms with E-state index in [2.05, 4.69) is 41.2 Å². The summed E-state index contributed by atoms with van der Waals surface area (Å²) in [4.78, 5) is 17.9. The summed E-state index contributed by atoms with van der Waals surface area (Å²) in [5.74, 6) is 0.0596. The molecule has 196 valence electrons. The number of para-hydroxylation sites is 1. The van der Waals surface area contributed by atoms with E-state index < -0.39 is 5.91 Å². The van der Waals surface area contributed by atoms with Gasteiger partial charge in [-0.2, -0.15) is 15.2 Å². The lowest BCUT2D eigenvalue weighted by atomic mass is 10.0. The van der Waals surface area contributed by atoms with E-state index in [1.165, 1.54) is 5.01 Å². The number of aromatic amines is 1. The molecule has 2 aromatic heterocycles. The topological polar surface area (TPSA) is 145 Å². The van der Waals surface area contributed by atoms with Crippen molar-refractivity contribution in [2.24, 2.45) is 10.2 Å².